The maximum Gasteiger partial charge on any atom is 0.257 e. The van der Waals surface area contributed by atoms with Gasteiger partial charge in [-0.2, -0.15) is 0 Å². The summed E-state index contributed by atoms with van der Waals surface area (Å²) in [5, 5.41) is 0. The van der Waals surface area contributed by atoms with E-state index in [1.807, 2.05) is 6.92 Å². The van der Waals surface area contributed by atoms with Gasteiger partial charge in [0.1, 0.15) is 5.82 Å². The number of benzene rings is 1. The molecule has 1 heterocycles. The summed E-state index contributed by atoms with van der Waals surface area (Å²) >= 11 is 3.26. The Balaban J connectivity index is 2.23. The molecule has 5 heteroatoms. The molecular formula is C13H16BrFN2O. The average molecular weight is 315 g/mol. The summed E-state index contributed by atoms with van der Waals surface area (Å²) in [6.45, 7) is 2.54. The maximum atomic E-state index is 13.7. The second kappa shape index (κ2) is 5.36. The normalized spacial score (nSPS) is 24.1. The maximum absolute atomic E-state index is 13.7. The zero-order valence-corrected chi connectivity index (χ0v) is 11.8. The SMILES string of the molecule is CC1CC(N)CCN1C(=O)c1cc(Br)ccc1F. The lowest BCUT2D eigenvalue weighted by molar-refractivity contribution is 0.0614. The van der Waals surface area contributed by atoms with Crippen LogP contribution in [0.3, 0.4) is 0 Å². The molecule has 1 amide bonds. The largest absolute Gasteiger partial charge is 0.336 e. The van der Waals surface area contributed by atoms with Crippen molar-refractivity contribution in [2.24, 2.45) is 5.73 Å². The standard InChI is InChI=1S/C13H16BrFN2O/c1-8-6-10(16)4-5-17(8)13(18)11-7-9(14)2-3-12(11)15/h2-3,7-8,10H,4-6,16H2,1H3. The van der Waals surface area contributed by atoms with E-state index >= 15 is 0 Å². The van der Waals surface area contributed by atoms with Crippen LogP contribution < -0.4 is 5.73 Å². The van der Waals surface area contributed by atoms with Crippen molar-refractivity contribution in [2.75, 3.05) is 6.54 Å². The van der Waals surface area contributed by atoms with Crippen molar-refractivity contribution in [3.8, 4) is 0 Å². The number of carbonyl (C=O) groups excluding carboxylic acids is 1. The van der Waals surface area contributed by atoms with Crippen LogP contribution in [0.5, 0.6) is 0 Å². The lowest BCUT2D eigenvalue weighted by Crippen LogP contribution is -2.48. The number of halogens is 2. The van der Waals surface area contributed by atoms with E-state index in [1.54, 1.807) is 11.0 Å². The van der Waals surface area contributed by atoms with Gasteiger partial charge in [-0.05, 0) is 38.0 Å². The third-order valence-corrected chi connectivity index (χ3v) is 3.83. The number of carbonyl (C=O) groups is 1. The molecule has 0 radical (unpaired) electrons. The first-order valence-corrected chi connectivity index (χ1v) is 6.80. The topological polar surface area (TPSA) is 46.3 Å². The molecule has 1 aliphatic rings. The molecule has 98 valence electrons. The third kappa shape index (κ3) is 2.72. The van der Waals surface area contributed by atoms with Crippen LogP contribution in [-0.4, -0.2) is 29.4 Å². The van der Waals surface area contributed by atoms with Crippen molar-refractivity contribution in [3.05, 3.63) is 34.1 Å². The third-order valence-electron chi connectivity index (χ3n) is 3.34. The fraction of sp³-hybridized carbons (Fsp3) is 0.462. The van der Waals surface area contributed by atoms with E-state index in [-0.39, 0.29) is 23.6 Å². The van der Waals surface area contributed by atoms with Crippen LogP contribution in [0.15, 0.2) is 22.7 Å². The first-order valence-electron chi connectivity index (χ1n) is 6.00. The molecule has 3 nitrogen and oxygen atoms in total. The summed E-state index contributed by atoms with van der Waals surface area (Å²) in [6, 6.07) is 4.61. The summed E-state index contributed by atoms with van der Waals surface area (Å²) in [5.41, 5.74) is 5.98. The van der Waals surface area contributed by atoms with E-state index < -0.39 is 5.82 Å². The van der Waals surface area contributed by atoms with Gasteiger partial charge in [0.25, 0.3) is 5.91 Å². The van der Waals surface area contributed by atoms with Gasteiger partial charge in [0.05, 0.1) is 5.56 Å². The summed E-state index contributed by atoms with van der Waals surface area (Å²) in [4.78, 5) is 14.0. The van der Waals surface area contributed by atoms with E-state index in [0.29, 0.717) is 11.0 Å². The molecule has 2 rings (SSSR count). The number of hydrogen-bond acceptors (Lipinski definition) is 2. The number of nitrogens with zero attached hydrogens (tertiary/aromatic N) is 1. The van der Waals surface area contributed by atoms with Crippen LogP contribution in [0.25, 0.3) is 0 Å². The quantitative estimate of drug-likeness (QED) is 0.866. The van der Waals surface area contributed by atoms with Gasteiger partial charge in [-0.25, -0.2) is 4.39 Å². The van der Waals surface area contributed by atoms with Crippen molar-refractivity contribution in [1.29, 1.82) is 0 Å². The minimum Gasteiger partial charge on any atom is -0.336 e. The summed E-state index contributed by atoms with van der Waals surface area (Å²) in [6.07, 6.45) is 1.53. The lowest BCUT2D eigenvalue weighted by atomic mass is 9.98. The summed E-state index contributed by atoms with van der Waals surface area (Å²) in [5.74, 6) is -0.738. The Kier molecular flexibility index (Phi) is 4.02. The Morgan fingerprint density at radius 1 is 1.56 bits per heavy atom. The number of nitrogens with two attached hydrogens (primary N) is 1. The molecule has 18 heavy (non-hydrogen) atoms. The van der Waals surface area contributed by atoms with Gasteiger partial charge >= 0.3 is 0 Å². The van der Waals surface area contributed by atoms with Gasteiger partial charge in [-0.3, -0.25) is 4.79 Å². The van der Waals surface area contributed by atoms with Gasteiger partial charge in [0.2, 0.25) is 0 Å². The van der Waals surface area contributed by atoms with Crippen LogP contribution in [-0.2, 0) is 0 Å². The van der Waals surface area contributed by atoms with Crippen molar-refractivity contribution in [2.45, 2.75) is 31.8 Å². The van der Waals surface area contributed by atoms with Crippen molar-refractivity contribution < 1.29 is 9.18 Å². The number of hydrogen-bond donors (Lipinski definition) is 1. The highest BCUT2D eigenvalue weighted by Crippen LogP contribution is 2.22. The van der Waals surface area contributed by atoms with Crippen molar-refractivity contribution in [3.63, 3.8) is 0 Å². The molecular weight excluding hydrogens is 299 g/mol. The molecule has 2 unspecified atom stereocenters. The van der Waals surface area contributed by atoms with Crippen molar-refractivity contribution in [1.82, 2.24) is 4.90 Å². The van der Waals surface area contributed by atoms with Gasteiger partial charge in [0, 0.05) is 23.1 Å². The molecule has 1 aromatic carbocycles. The highest BCUT2D eigenvalue weighted by atomic mass is 79.9. The molecule has 0 saturated carbocycles. The van der Waals surface area contributed by atoms with Crippen LogP contribution in [0.2, 0.25) is 0 Å². The molecule has 1 fully saturated rings. The van der Waals surface area contributed by atoms with E-state index in [9.17, 15) is 9.18 Å². The summed E-state index contributed by atoms with van der Waals surface area (Å²) in [7, 11) is 0. The van der Waals surface area contributed by atoms with E-state index in [0.717, 1.165) is 12.8 Å². The van der Waals surface area contributed by atoms with Crippen LogP contribution in [0.1, 0.15) is 30.1 Å². The first-order chi connectivity index (χ1) is 8.49. The highest BCUT2D eigenvalue weighted by molar-refractivity contribution is 9.10. The molecule has 0 bridgehead atoms. The van der Waals surface area contributed by atoms with E-state index in [2.05, 4.69) is 15.9 Å². The number of rotatable bonds is 1. The molecule has 0 aliphatic carbocycles. The highest BCUT2D eigenvalue weighted by Gasteiger charge is 2.29. The number of amides is 1. The molecule has 0 spiro atoms. The Morgan fingerprint density at radius 3 is 2.94 bits per heavy atom. The minimum atomic E-state index is -0.481. The van der Waals surface area contributed by atoms with Gasteiger partial charge in [0.15, 0.2) is 0 Å². The zero-order chi connectivity index (χ0) is 13.3. The van der Waals surface area contributed by atoms with Crippen LogP contribution >= 0.6 is 15.9 Å². The predicted molar refractivity (Wildman–Crippen MR) is 71.8 cm³/mol. The minimum absolute atomic E-state index is 0.0552. The van der Waals surface area contributed by atoms with Gasteiger partial charge in [-0.1, -0.05) is 15.9 Å². The van der Waals surface area contributed by atoms with Crippen LogP contribution in [0, 0.1) is 5.82 Å². The predicted octanol–water partition coefficient (Wildman–Crippen LogP) is 2.54. The lowest BCUT2D eigenvalue weighted by Gasteiger charge is -2.36. The molecule has 1 aliphatic heterocycles. The van der Waals surface area contributed by atoms with Crippen molar-refractivity contribution >= 4 is 21.8 Å². The first kappa shape index (κ1) is 13.5. The zero-order valence-electron chi connectivity index (χ0n) is 10.2. The molecule has 2 atom stereocenters. The van der Waals surface area contributed by atoms with E-state index in [1.165, 1.54) is 12.1 Å². The second-order valence-corrected chi connectivity index (χ2v) is 5.67. The van der Waals surface area contributed by atoms with Gasteiger partial charge < -0.3 is 10.6 Å². The fourth-order valence-corrected chi connectivity index (χ4v) is 2.69. The Morgan fingerprint density at radius 2 is 2.28 bits per heavy atom. The molecule has 2 N–H and O–H groups in total. The monoisotopic (exact) mass is 314 g/mol. The van der Waals surface area contributed by atoms with E-state index in [4.69, 9.17) is 5.73 Å². The Bertz CT molecular complexity index is 466. The number of piperidine rings is 1. The molecule has 0 aromatic heterocycles. The molecule has 1 aromatic rings. The Hall–Kier alpha value is -0.940. The van der Waals surface area contributed by atoms with Crippen LogP contribution in [0.4, 0.5) is 4.39 Å². The Labute approximate surface area is 114 Å². The fourth-order valence-electron chi connectivity index (χ4n) is 2.33. The average Bonchev–Trinajstić information content (AvgIpc) is 2.31. The van der Waals surface area contributed by atoms with Gasteiger partial charge in [-0.15, -0.1) is 0 Å². The second-order valence-electron chi connectivity index (χ2n) is 4.76. The molecule has 1 saturated heterocycles. The smallest absolute Gasteiger partial charge is 0.257 e. The number of likely N-dealkylation sites (tertiary alicyclic amines) is 1. The summed E-state index contributed by atoms with van der Waals surface area (Å²) < 4.78 is 14.4.